The first-order valence-corrected chi connectivity index (χ1v) is 12.5. The summed E-state index contributed by atoms with van der Waals surface area (Å²) in [7, 11) is 0. The van der Waals surface area contributed by atoms with Crippen LogP contribution in [0.3, 0.4) is 0 Å². The molecule has 6 rings (SSSR count). The number of hydrogen-bond donors (Lipinski definition) is 1. The van der Waals surface area contributed by atoms with Crippen LogP contribution < -0.4 is 0 Å². The highest BCUT2D eigenvalue weighted by Crippen LogP contribution is 2.65. The molecule has 0 spiro atoms. The van der Waals surface area contributed by atoms with Gasteiger partial charge in [0.05, 0.1) is 6.10 Å². The fraction of sp³-hybridized carbons (Fsp3) is 0.586. The molecule has 4 aliphatic carbocycles. The summed E-state index contributed by atoms with van der Waals surface area (Å²) in [5.41, 5.74) is 7.97. The number of aryl methyl sites for hydroxylation is 1. The van der Waals surface area contributed by atoms with Crippen LogP contribution >= 0.6 is 0 Å². The Hall–Kier alpha value is -1.80. The van der Waals surface area contributed by atoms with Crippen LogP contribution in [0.5, 0.6) is 0 Å². The maximum absolute atomic E-state index is 10.7. The van der Waals surface area contributed by atoms with Gasteiger partial charge in [-0.15, -0.1) is 0 Å². The summed E-state index contributed by atoms with van der Waals surface area (Å²) in [6.45, 7) is 8.22. The van der Waals surface area contributed by atoms with Gasteiger partial charge in [-0.25, -0.2) is 0 Å². The highest BCUT2D eigenvalue weighted by atomic mass is 16.3. The van der Waals surface area contributed by atoms with Crippen molar-refractivity contribution in [2.24, 2.45) is 28.6 Å². The quantitative estimate of drug-likeness (QED) is 0.604. The van der Waals surface area contributed by atoms with Crippen molar-refractivity contribution >= 4 is 6.08 Å². The molecule has 1 heterocycles. The van der Waals surface area contributed by atoms with Gasteiger partial charge in [-0.1, -0.05) is 49.8 Å². The van der Waals surface area contributed by atoms with E-state index >= 15 is 0 Å². The lowest BCUT2D eigenvalue weighted by Crippen LogP contribution is -2.51. The Kier molecular flexibility index (Phi) is 4.39. The lowest BCUT2D eigenvalue weighted by atomic mass is 9.47. The Morgan fingerprint density at radius 1 is 1.03 bits per heavy atom. The molecular formula is C29H37NO. The standard InChI is InChI=1S/C29H37NO/c1-19-15-21-17-29(3)22(16-26(21)30(19)18-20-7-5-4-6-8-20)9-10-23-24-11-12-27(31)28(24,2)14-13-25(23)29/h4-8,15-16,23-25,27,31H,9-14,17-18H2,1-3H3/t23?,24?,25?,27-,28?,29?/m0/s1. The largest absolute Gasteiger partial charge is 0.393 e. The average molecular weight is 416 g/mol. The molecule has 3 saturated carbocycles. The lowest BCUT2D eigenvalue weighted by molar-refractivity contribution is -0.0704. The number of aromatic nitrogens is 1. The van der Waals surface area contributed by atoms with Crippen molar-refractivity contribution in [2.45, 2.75) is 78.4 Å². The fourth-order valence-corrected chi connectivity index (χ4v) is 8.40. The van der Waals surface area contributed by atoms with Gasteiger partial charge < -0.3 is 9.67 Å². The van der Waals surface area contributed by atoms with Crippen molar-refractivity contribution in [2.75, 3.05) is 0 Å². The molecule has 1 N–H and O–H groups in total. The van der Waals surface area contributed by atoms with Gasteiger partial charge in [0.25, 0.3) is 0 Å². The first kappa shape index (κ1) is 19.9. The second-order valence-electron chi connectivity index (χ2n) is 11.6. The predicted octanol–water partition coefficient (Wildman–Crippen LogP) is 6.39. The number of nitrogens with zero attached hydrogens (tertiary/aromatic N) is 1. The Balaban J connectivity index is 1.35. The molecule has 164 valence electrons. The minimum Gasteiger partial charge on any atom is -0.393 e. The molecule has 4 aliphatic rings. The monoisotopic (exact) mass is 415 g/mol. The van der Waals surface area contributed by atoms with Crippen LogP contribution in [0, 0.1) is 35.5 Å². The molecule has 6 atom stereocenters. The zero-order valence-electron chi connectivity index (χ0n) is 19.4. The number of aliphatic hydroxyl groups excluding tert-OH is 1. The third-order valence-corrected chi connectivity index (χ3v) is 10.2. The maximum Gasteiger partial charge on any atom is 0.0596 e. The van der Waals surface area contributed by atoms with E-state index < -0.39 is 0 Å². The third-order valence-electron chi connectivity index (χ3n) is 10.2. The number of rotatable bonds is 2. The van der Waals surface area contributed by atoms with Crippen molar-refractivity contribution in [3.05, 3.63) is 64.5 Å². The summed E-state index contributed by atoms with van der Waals surface area (Å²) in [6.07, 6.45) is 11.1. The molecular weight excluding hydrogens is 378 g/mol. The molecule has 0 radical (unpaired) electrons. The number of hydrogen-bond acceptors (Lipinski definition) is 1. The molecule has 0 amide bonds. The zero-order chi connectivity index (χ0) is 21.4. The molecule has 3 fully saturated rings. The van der Waals surface area contributed by atoms with Crippen LogP contribution in [-0.4, -0.2) is 15.8 Å². The van der Waals surface area contributed by atoms with Crippen LogP contribution in [0.15, 0.2) is 42.0 Å². The molecule has 31 heavy (non-hydrogen) atoms. The zero-order valence-corrected chi connectivity index (χ0v) is 19.4. The normalized spacial score (nSPS) is 38.6. The fourth-order valence-electron chi connectivity index (χ4n) is 8.40. The van der Waals surface area contributed by atoms with Crippen molar-refractivity contribution in [3.63, 3.8) is 0 Å². The van der Waals surface area contributed by atoms with Crippen molar-refractivity contribution in [3.8, 4) is 0 Å². The van der Waals surface area contributed by atoms with Crippen LogP contribution in [-0.2, 0) is 13.0 Å². The smallest absolute Gasteiger partial charge is 0.0596 e. The predicted molar refractivity (Wildman–Crippen MR) is 127 cm³/mol. The maximum atomic E-state index is 10.7. The highest BCUT2D eigenvalue weighted by molar-refractivity contribution is 5.61. The number of benzene rings is 1. The van der Waals surface area contributed by atoms with E-state index in [-0.39, 0.29) is 11.5 Å². The van der Waals surface area contributed by atoms with Gasteiger partial charge in [-0.2, -0.15) is 0 Å². The van der Waals surface area contributed by atoms with E-state index in [1.165, 1.54) is 55.5 Å². The van der Waals surface area contributed by atoms with E-state index in [0.29, 0.717) is 5.41 Å². The van der Waals surface area contributed by atoms with E-state index in [1.54, 1.807) is 11.1 Å². The molecule has 1 aromatic heterocycles. The van der Waals surface area contributed by atoms with E-state index in [2.05, 4.69) is 67.8 Å². The number of aliphatic hydroxyl groups is 1. The molecule has 2 aromatic rings. The summed E-state index contributed by atoms with van der Waals surface area (Å²) in [4.78, 5) is 0. The molecule has 5 unspecified atom stereocenters. The van der Waals surface area contributed by atoms with Gasteiger partial charge in [-0.05, 0) is 104 Å². The van der Waals surface area contributed by atoms with Crippen LogP contribution in [0.25, 0.3) is 6.08 Å². The van der Waals surface area contributed by atoms with Crippen molar-refractivity contribution in [1.29, 1.82) is 0 Å². The summed E-state index contributed by atoms with van der Waals surface area (Å²) in [5, 5.41) is 10.7. The summed E-state index contributed by atoms with van der Waals surface area (Å²) in [5.74, 6) is 2.30. The Morgan fingerprint density at radius 2 is 1.84 bits per heavy atom. The highest BCUT2D eigenvalue weighted by Gasteiger charge is 2.58. The molecule has 0 saturated heterocycles. The van der Waals surface area contributed by atoms with Gasteiger partial charge in [0, 0.05) is 17.9 Å². The first-order chi connectivity index (χ1) is 14.9. The van der Waals surface area contributed by atoms with Gasteiger partial charge in [-0.3, -0.25) is 0 Å². The summed E-state index contributed by atoms with van der Waals surface area (Å²) < 4.78 is 2.54. The minimum atomic E-state index is -0.0733. The van der Waals surface area contributed by atoms with E-state index in [4.69, 9.17) is 0 Å². The minimum absolute atomic E-state index is 0.0733. The van der Waals surface area contributed by atoms with E-state index in [1.807, 2.05) is 0 Å². The van der Waals surface area contributed by atoms with Crippen molar-refractivity contribution in [1.82, 2.24) is 4.57 Å². The molecule has 2 heteroatoms. The Bertz CT molecular complexity index is 1030. The first-order valence-electron chi connectivity index (χ1n) is 12.5. The third kappa shape index (κ3) is 2.80. The van der Waals surface area contributed by atoms with Crippen LogP contribution in [0.1, 0.15) is 74.9 Å². The number of fused-ring (bicyclic) bond motifs is 6. The topological polar surface area (TPSA) is 25.2 Å². The molecule has 0 aliphatic heterocycles. The molecule has 0 bridgehead atoms. The molecule has 2 nitrogen and oxygen atoms in total. The van der Waals surface area contributed by atoms with Gasteiger partial charge in [0.1, 0.15) is 0 Å². The van der Waals surface area contributed by atoms with Crippen molar-refractivity contribution < 1.29 is 5.11 Å². The van der Waals surface area contributed by atoms with Crippen LogP contribution in [0.2, 0.25) is 0 Å². The Morgan fingerprint density at radius 3 is 2.65 bits per heavy atom. The van der Waals surface area contributed by atoms with Gasteiger partial charge in [0.2, 0.25) is 0 Å². The summed E-state index contributed by atoms with van der Waals surface area (Å²) in [6, 6.07) is 13.3. The SMILES string of the molecule is Cc1cc2c(n1Cc1ccccc1)C=C1CCC3C(CCC4(C)C3CC[C@@H]4O)C1(C)C2. The molecule has 1 aromatic carbocycles. The van der Waals surface area contributed by atoms with Gasteiger partial charge >= 0.3 is 0 Å². The Labute approximate surface area is 187 Å². The average Bonchev–Trinajstić information content (AvgIpc) is 3.22. The van der Waals surface area contributed by atoms with E-state index in [0.717, 1.165) is 30.7 Å². The summed E-state index contributed by atoms with van der Waals surface area (Å²) >= 11 is 0. The second kappa shape index (κ2) is 6.85. The van der Waals surface area contributed by atoms with Gasteiger partial charge in [0.15, 0.2) is 0 Å². The second-order valence-corrected chi connectivity index (χ2v) is 11.6. The lowest BCUT2D eigenvalue weighted by Gasteiger charge is -2.57. The van der Waals surface area contributed by atoms with E-state index in [9.17, 15) is 5.11 Å². The van der Waals surface area contributed by atoms with Crippen LogP contribution in [0.4, 0.5) is 0 Å². The number of allylic oxidation sites excluding steroid dienone is 1.